The number of carbonyl (C=O) groups excluding carboxylic acids is 1. The van der Waals surface area contributed by atoms with Crippen molar-refractivity contribution in [3.05, 3.63) is 48.0 Å². The highest BCUT2D eigenvalue weighted by Gasteiger charge is 2.48. The zero-order valence-electron chi connectivity index (χ0n) is 13.1. The van der Waals surface area contributed by atoms with E-state index in [9.17, 15) is 26.4 Å². The molecule has 0 aliphatic heterocycles. The number of carbonyl (C=O) groups is 1. The first-order chi connectivity index (χ1) is 11.5. The minimum absolute atomic E-state index is 0.210. The van der Waals surface area contributed by atoms with Crippen LogP contribution in [0.2, 0.25) is 0 Å². The zero-order chi connectivity index (χ0) is 18.8. The first kappa shape index (κ1) is 18.8. The van der Waals surface area contributed by atoms with Crippen LogP contribution in [-0.2, 0) is 10.1 Å². The summed E-state index contributed by atoms with van der Waals surface area (Å²) >= 11 is 0. The maximum Gasteiger partial charge on any atom is 0.534 e. The van der Waals surface area contributed by atoms with Crippen LogP contribution in [0.3, 0.4) is 0 Å². The summed E-state index contributed by atoms with van der Waals surface area (Å²) in [5, 5.41) is 0. The van der Waals surface area contributed by atoms with Gasteiger partial charge in [-0.2, -0.15) is 21.6 Å². The summed E-state index contributed by atoms with van der Waals surface area (Å²) in [6.45, 7) is 1.29. The Hall–Kier alpha value is -2.55. The van der Waals surface area contributed by atoms with Crippen LogP contribution in [0.4, 0.5) is 13.2 Å². The molecule has 0 bridgehead atoms. The zero-order valence-corrected chi connectivity index (χ0v) is 13.9. The van der Waals surface area contributed by atoms with Gasteiger partial charge in [-0.15, -0.1) is 0 Å². The second kappa shape index (κ2) is 6.75. The lowest BCUT2D eigenvalue weighted by Crippen LogP contribution is -2.28. The molecule has 2 aromatic carbocycles. The molecule has 0 N–H and O–H groups in total. The maximum atomic E-state index is 12.5. The number of benzene rings is 2. The van der Waals surface area contributed by atoms with Crippen molar-refractivity contribution in [3.8, 4) is 22.6 Å². The molecule has 0 spiro atoms. The third-order valence-electron chi connectivity index (χ3n) is 3.26. The van der Waals surface area contributed by atoms with Gasteiger partial charge < -0.3 is 8.92 Å². The fourth-order valence-electron chi connectivity index (χ4n) is 2.07. The molecule has 9 heteroatoms. The fraction of sp³-hybridized carbons (Fsp3) is 0.188. The molecule has 134 valence electrons. The van der Waals surface area contributed by atoms with Crippen molar-refractivity contribution >= 4 is 15.9 Å². The summed E-state index contributed by atoms with van der Waals surface area (Å²) in [5.74, 6) is -0.343. The van der Waals surface area contributed by atoms with Gasteiger partial charge in [0, 0.05) is 5.56 Å². The highest BCUT2D eigenvalue weighted by atomic mass is 32.2. The summed E-state index contributed by atoms with van der Waals surface area (Å²) in [5.41, 5.74) is -4.61. The van der Waals surface area contributed by atoms with E-state index in [0.717, 1.165) is 12.1 Å². The van der Waals surface area contributed by atoms with Crippen molar-refractivity contribution in [1.29, 1.82) is 0 Å². The molecule has 0 heterocycles. The van der Waals surface area contributed by atoms with E-state index in [1.54, 1.807) is 24.3 Å². The van der Waals surface area contributed by atoms with Crippen LogP contribution >= 0.6 is 0 Å². The van der Waals surface area contributed by atoms with Gasteiger partial charge in [-0.05, 0) is 48.4 Å². The second-order valence-corrected chi connectivity index (χ2v) is 6.51. The van der Waals surface area contributed by atoms with E-state index in [-0.39, 0.29) is 16.9 Å². The van der Waals surface area contributed by atoms with Gasteiger partial charge in [-0.3, -0.25) is 4.79 Å². The molecule has 5 nitrogen and oxygen atoms in total. The lowest BCUT2D eigenvalue weighted by Gasteiger charge is -2.13. The van der Waals surface area contributed by atoms with Crippen LogP contribution < -0.4 is 8.92 Å². The Morgan fingerprint density at radius 1 is 1.00 bits per heavy atom. The van der Waals surface area contributed by atoms with Gasteiger partial charge in [0.05, 0.1) is 7.11 Å². The molecule has 0 aromatic heterocycles. The first-order valence-electron chi connectivity index (χ1n) is 6.85. The molecule has 25 heavy (non-hydrogen) atoms. The fourth-order valence-corrected chi connectivity index (χ4v) is 2.52. The normalized spacial score (nSPS) is 11.9. The Morgan fingerprint density at radius 2 is 1.56 bits per heavy atom. The highest BCUT2D eigenvalue weighted by molar-refractivity contribution is 7.88. The SMILES string of the molecule is COc1ccc(-c2cc(OS(=O)(=O)C(F)(F)F)ccc2C(C)=O)cc1. The van der Waals surface area contributed by atoms with E-state index < -0.39 is 21.4 Å². The third kappa shape index (κ3) is 4.11. The Labute approximate surface area is 142 Å². The van der Waals surface area contributed by atoms with Gasteiger partial charge in [-0.1, -0.05) is 12.1 Å². The summed E-state index contributed by atoms with van der Waals surface area (Å²) in [6, 6.07) is 9.64. The largest absolute Gasteiger partial charge is 0.534 e. The van der Waals surface area contributed by atoms with Crippen molar-refractivity contribution in [2.45, 2.75) is 12.4 Å². The molecule has 0 amide bonds. The van der Waals surface area contributed by atoms with Crippen LogP contribution in [-0.4, -0.2) is 26.8 Å². The van der Waals surface area contributed by atoms with Crippen molar-refractivity contribution < 1.29 is 35.3 Å². The van der Waals surface area contributed by atoms with Crippen molar-refractivity contribution in [2.24, 2.45) is 0 Å². The monoisotopic (exact) mass is 374 g/mol. The van der Waals surface area contributed by atoms with Crippen LogP contribution in [0.1, 0.15) is 17.3 Å². The number of hydrogen-bond acceptors (Lipinski definition) is 5. The minimum Gasteiger partial charge on any atom is -0.497 e. The van der Waals surface area contributed by atoms with Gasteiger partial charge in [0.2, 0.25) is 0 Å². The third-order valence-corrected chi connectivity index (χ3v) is 4.24. The van der Waals surface area contributed by atoms with E-state index in [1.165, 1.54) is 20.1 Å². The predicted octanol–water partition coefficient (Wildman–Crippen LogP) is 3.79. The number of halogens is 3. The van der Waals surface area contributed by atoms with E-state index in [2.05, 4.69) is 4.18 Å². The maximum absolute atomic E-state index is 12.5. The average molecular weight is 374 g/mol. The first-order valence-corrected chi connectivity index (χ1v) is 8.26. The Kier molecular flexibility index (Phi) is 5.07. The molecule has 0 atom stereocenters. The standard InChI is InChI=1S/C16H13F3O5S/c1-10(20)14-8-7-13(24-25(21,22)16(17,18)19)9-15(14)11-3-5-12(23-2)6-4-11/h3-9H,1-2H3. The topological polar surface area (TPSA) is 69.7 Å². The van der Waals surface area contributed by atoms with Gasteiger partial charge in [0.15, 0.2) is 5.78 Å². The Balaban J connectivity index is 2.52. The molecule has 2 aromatic rings. The molecule has 0 radical (unpaired) electrons. The van der Waals surface area contributed by atoms with Gasteiger partial charge in [0.1, 0.15) is 11.5 Å². The van der Waals surface area contributed by atoms with Crippen LogP contribution in [0.5, 0.6) is 11.5 Å². The molecule has 0 aliphatic carbocycles. The Bertz CT molecular complexity index is 887. The van der Waals surface area contributed by atoms with E-state index in [0.29, 0.717) is 11.3 Å². The summed E-state index contributed by atoms with van der Waals surface area (Å²) < 4.78 is 68.8. The summed E-state index contributed by atoms with van der Waals surface area (Å²) in [4.78, 5) is 11.8. The van der Waals surface area contributed by atoms with E-state index in [4.69, 9.17) is 4.74 Å². The van der Waals surface area contributed by atoms with Crippen molar-refractivity contribution in [2.75, 3.05) is 7.11 Å². The molecule has 0 aliphatic rings. The molecular formula is C16H13F3O5S. The number of alkyl halides is 3. The molecular weight excluding hydrogens is 361 g/mol. The quantitative estimate of drug-likeness (QED) is 0.452. The number of rotatable bonds is 5. The summed E-state index contributed by atoms with van der Waals surface area (Å²) in [6.07, 6.45) is 0. The lowest BCUT2D eigenvalue weighted by molar-refractivity contribution is -0.0500. The smallest absolute Gasteiger partial charge is 0.497 e. The highest BCUT2D eigenvalue weighted by Crippen LogP contribution is 2.32. The lowest BCUT2D eigenvalue weighted by atomic mass is 9.97. The molecule has 2 rings (SSSR count). The van der Waals surface area contributed by atoms with Gasteiger partial charge in [0.25, 0.3) is 0 Å². The molecule has 0 saturated heterocycles. The Morgan fingerprint density at radius 3 is 2.04 bits per heavy atom. The number of Topliss-reactive ketones (excluding diaryl/α,β-unsaturated/α-hetero) is 1. The number of methoxy groups -OCH3 is 1. The molecule has 0 unspecified atom stereocenters. The number of ketones is 1. The van der Waals surface area contributed by atoms with Crippen molar-refractivity contribution in [1.82, 2.24) is 0 Å². The van der Waals surface area contributed by atoms with Crippen LogP contribution in [0.15, 0.2) is 42.5 Å². The number of hydrogen-bond donors (Lipinski definition) is 0. The van der Waals surface area contributed by atoms with Crippen LogP contribution in [0, 0.1) is 0 Å². The van der Waals surface area contributed by atoms with Gasteiger partial charge >= 0.3 is 15.6 Å². The molecule has 0 fully saturated rings. The minimum atomic E-state index is -5.80. The molecule has 0 saturated carbocycles. The van der Waals surface area contributed by atoms with E-state index >= 15 is 0 Å². The average Bonchev–Trinajstić information content (AvgIpc) is 2.53. The van der Waals surface area contributed by atoms with Gasteiger partial charge in [-0.25, -0.2) is 0 Å². The van der Waals surface area contributed by atoms with Crippen molar-refractivity contribution in [3.63, 3.8) is 0 Å². The van der Waals surface area contributed by atoms with E-state index in [1.807, 2.05) is 0 Å². The predicted molar refractivity (Wildman–Crippen MR) is 84.0 cm³/mol. The second-order valence-electron chi connectivity index (χ2n) is 4.98. The summed E-state index contributed by atoms with van der Waals surface area (Å²) in [7, 11) is -4.33. The van der Waals surface area contributed by atoms with Crippen LogP contribution in [0.25, 0.3) is 11.1 Å². The number of ether oxygens (including phenoxy) is 1.